The van der Waals surface area contributed by atoms with Crippen molar-refractivity contribution in [2.45, 2.75) is 13.0 Å². The second kappa shape index (κ2) is 6.17. The largest absolute Gasteiger partial charge is 0.464 e. The molecule has 1 fully saturated rings. The first kappa shape index (κ1) is 16.0. The second-order valence-electron chi connectivity index (χ2n) is 6.58. The van der Waals surface area contributed by atoms with Crippen LogP contribution in [0, 0.1) is 6.92 Å². The number of benzene rings is 1. The molecule has 4 heterocycles. The van der Waals surface area contributed by atoms with E-state index in [2.05, 4.69) is 15.1 Å². The number of aryl methyl sites for hydroxylation is 1. The SMILES string of the molecule is Cc1cc(C2CN(C(=O)c3ccc4occc4c3)CCO2)n2ncnc2n1. The van der Waals surface area contributed by atoms with E-state index in [0.29, 0.717) is 31.0 Å². The first-order valence-corrected chi connectivity index (χ1v) is 8.74. The van der Waals surface area contributed by atoms with Crippen LogP contribution in [0.3, 0.4) is 0 Å². The molecule has 27 heavy (non-hydrogen) atoms. The number of carbonyl (C=O) groups is 1. The summed E-state index contributed by atoms with van der Waals surface area (Å²) in [5.41, 5.74) is 3.09. The Morgan fingerprint density at radius 2 is 2.19 bits per heavy atom. The summed E-state index contributed by atoms with van der Waals surface area (Å²) in [5.74, 6) is 0.509. The normalized spacial score (nSPS) is 17.7. The molecule has 1 aliphatic rings. The minimum Gasteiger partial charge on any atom is -0.464 e. The Morgan fingerprint density at radius 1 is 1.26 bits per heavy atom. The Balaban J connectivity index is 1.44. The van der Waals surface area contributed by atoms with Crippen LogP contribution in [0.5, 0.6) is 0 Å². The Labute approximate surface area is 154 Å². The van der Waals surface area contributed by atoms with E-state index in [-0.39, 0.29) is 12.0 Å². The van der Waals surface area contributed by atoms with E-state index >= 15 is 0 Å². The standard InChI is InChI=1S/C19H17N5O3/c1-12-8-15(24-19(22-12)20-11-21-24)17-10-23(5-7-27-17)18(25)14-2-3-16-13(9-14)4-6-26-16/h2-4,6,8-9,11,17H,5,7,10H2,1H3. The van der Waals surface area contributed by atoms with E-state index in [9.17, 15) is 4.79 Å². The molecule has 1 unspecified atom stereocenters. The summed E-state index contributed by atoms with van der Waals surface area (Å²) in [4.78, 5) is 23.3. The maximum atomic E-state index is 13.0. The maximum absolute atomic E-state index is 13.0. The van der Waals surface area contributed by atoms with Gasteiger partial charge in [0.1, 0.15) is 18.0 Å². The van der Waals surface area contributed by atoms with Crippen LogP contribution >= 0.6 is 0 Å². The summed E-state index contributed by atoms with van der Waals surface area (Å²) in [6.45, 7) is 3.36. The van der Waals surface area contributed by atoms with Crippen molar-refractivity contribution in [3.05, 3.63) is 59.9 Å². The van der Waals surface area contributed by atoms with E-state index in [1.54, 1.807) is 16.8 Å². The van der Waals surface area contributed by atoms with Crippen LogP contribution in [-0.4, -0.2) is 50.1 Å². The van der Waals surface area contributed by atoms with Gasteiger partial charge in [0.15, 0.2) is 0 Å². The first-order valence-electron chi connectivity index (χ1n) is 8.74. The van der Waals surface area contributed by atoms with Crippen molar-refractivity contribution in [2.24, 2.45) is 0 Å². The van der Waals surface area contributed by atoms with Crippen LogP contribution < -0.4 is 0 Å². The number of carbonyl (C=O) groups excluding carboxylic acids is 1. The van der Waals surface area contributed by atoms with Crippen molar-refractivity contribution in [1.29, 1.82) is 0 Å². The second-order valence-corrected chi connectivity index (χ2v) is 6.58. The van der Waals surface area contributed by atoms with Gasteiger partial charge in [-0.2, -0.15) is 14.6 Å². The van der Waals surface area contributed by atoms with Crippen LogP contribution in [0.2, 0.25) is 0 Å². The molecule has 4 aromatic rings. The zero-order chi connectivity index (χ0) is 18.4. The molecule has 5 rings (SSSR count). The lowest BCUT2D eigenvalue weighted by molar-refractivity contribution is -0.0257. The van der Waals surface area contributed by atoms with Gasteiger partial charge in [0.25, 0.3) is 11.7 Å². The highest BCUT2D eigenvalue weighted by Gasteiger charge is 2.28. The van der Waals surface area contributed by atoms with Gasteiger partial charge in [-0.1, -0.05) is 0 Å². The van der Waals surface area contributed by atoms with Gasteiger partial charge in [-0.05, 0) is 37.3 Å². The summed E-state index contributed by atoms with van der Waals surface area (Å²) >= 11 is 0. The van der Waals surface area contributed by atoms with Gasteiger partial charge in [-0.15, -0.1) is 0 Å². The maximum Gasteiger partial charge on any atom is 0.254 e. The molecule has 3 aromatic heterocycles. The lowest BCUT2D eigenvalue weighted by Gasteiger charge is -2.33. The summed E-state index contributed by atoms with van der Waals surface area (Å²) < 4.78 is 13.0. The number of ether oxygens (including phenoxy) is 1. The van der Waals surface area contributed by atoms with Gasteiger partial charge in [-0.25, -0.2) is 4.98 Å². The van der Waals surface area contributed by atoms with Gasteiger partial charge in [-0.3, -0.25) is 4.79 Å². The molecule has 0 radical (unpaired) electrons. The Morgan fingerprint density at radius 3 is 3.11 bits per heavy atom. The average Bonchev–Trinajstić information content (AvgIpc) is 3.35. The van der Waals surface area contributed by atoms with E-state index in [1.165, 1.54) is 6.33 Å². The van der Waals surface area contributed by atoms with Crippen LogP contribution in [0.15, 0.2) is 47.3 Å². The number of hydrogen-bond acceptors (Lipinski definition) is 6. The van der Waals surface area contributed by atoms with Gasteiger partial charge in [0.05, 0.1) is 25.1 Å². The summed E-state index contributed by atoms with van der Waals surface area (Å²) in [6, 6.07) is 9.27. The van der Waals surface area contributed by atoms with Crippen molar-refractivity contribution >= 4 is 22.7 Å². The molecule has 0 aliphatic carbocycles. The monoisotopic (exact) mass is 363 g/mol. The number of nitrogens with zero attached hydrogens (tertiary/aromatic N) is 5. The lowest BCUT2D eigenvalue weighted by atomic mass is 10.1. The van der Waals surface area contributed by atoms with Crippen molar-refractivity contribution < 1.29 is 13.9 Å². The zero-order valence-corrected chi connectivity index (χ0v) is 14.7. The highest BCUT2D eigenvalue weighted by Crippen LogP contribution is 2.25. The smallest absolute Gasteiger partial charge is 0.254 e. The van der Waals surface area contributed by atoms with Crippen LogP contribution in [0.4, 0.5) is 0 Å². The first-order chi connectivity index (χ1) is 13.2. The van der Waals surface area contributed by atoms with E-state index in [1.807, 2.05) is 36.1 Å². The van der Waals surface area contributed by atoms with Crippen LogP contribution in [-0.2, 0) is 4.74 Å². The Kier molecular flexibility index (Phi) is 3.64. The number of aromatic nitrogens is 4. The predicted octanol–water partition coefficient (Wildman–Crippen LogP) is 2.39. The number of amides is 1. The fraction of sp³-hybridized carbons (Fsp3) is 0.263. The molecule has 1 atom stereocenters. The van der Waals surface area contributed by atoms with Crippen molar-refractivity contribution in [1.82, 2.24) is 24.5 Å². The van der Waals surface area contributed by atoms with Crippen molar-refractivity contribution in [2.75, 3.05) is 19.7 Å². The van der Waals surface area contributed by atoms with Gasteiger partial charge in [0.2, 0.25) is 0 Å². The quantitative estimate of drug-likeness (QED) is 0.544. The van der Waals surface area contributed by atoms with Crippen LogP contribution in [0.1, 0.15) is 27.8 Å². The summed E-state index contributed by atoms with van der Waals surface area (Å²) in [5, 5.41) is 5.16. The molecule has 1 saturated heterocycles. The molecular formula is C19H17N5O3. The molecule has 0 spiro atoms. The van der Waals surface area contributed by atoms with Crippen molar-refractivity contribution in [3.63, 3.8) is 0 Å². The van der Waals surface area contributed by atoms with E-state index in [0.717, 1.165) is 22.4 Å². The number of morpholine rings is 1. The van der Waals surface area contributed by atoms with Gasteiger partial charge in [0, 0.05) is 23.2 Å². The fourth-order valence-electron chi connectivity index (χ4n) is 3.48. The minimum absolute atomic E-state index is 0.0213. The number of furan rings is 1. The molecule has 1 aliphatic heterocycles. The number of fused-ring (bicyclic) bond motifs is 2. The number of hydrogen-bond donors (Lipinski definition) is 0. The molecular weight excluding hydrogens is 346 g/mol. The summed E-state index contributed by atoms with van der Waals surface area (Å²) in [6.07, 6.45) is 2.81. The highest BCUT2D eigenvalue weighted by atomic mass is 16.5. The zero-order valence-electron chi connectivity index (χ0n) is 14.7. The molecule has 1 amide bonds. The molecule has 8 nitrogen and oxygen atoms in total. The molecule has 8 heteroatoms. The number of rotatable bonds is 2. The van der Waals surface area contributed by atoms with E-state index in [4.69, 9.17) is 9.15 Å². The summed E-state index contributed by atoms with van der Waals surface area (Å²) in [7, 11) is 0. The third-order valence-corrected chi connectivity index (χ3v) is 4.79. The molecule has 136 valence electrons. The minimum atomic E-state index is -0.286. The molecule has 0 N–H and O–H groups in total. The van der Waals surface area contributed by atoms with Crippen LogP contribution in [0.25, 0.3) is 16.7 Å². The topological polar surface area (TPSA) is 85.8 Å². The van der Waals surface area contributed by atoms with Gasteiger partial charge < -0.3 is 14.1 Å². The molecule has 1 aromatic carbocycles. The fourth-order valence-corrected chi connectivity index (χ4v) is 3.48. The highest BCUT2D eigenvalue weighted by molar-refractivity contribution is 5.97. The van der Waals surface area contributed by atoms with E-state index < -0.39 is 0 Å². The average molecular weight is 363 g/mol. The third kappa shape index (κ3) is 2.74. The molecule has 0 saturated carbocycles. The van der Waals surface area contributed by atoms with Crippen molar-refractivity contribution in [3.8, 4) is 0 Å². The molecule has 0 bridgehead atoms. The lowest BCUT2D eigenvalue weighted by Crippen LogP contribution is -2.42. The Bertz CT molecular complexity index is 1150. The Hall–Kier alpha value is -3.26. The predicted molar refractivity (Wildman–Crippen MR) is 96.3 cm³/mol. The van der Waals surface area contributed by atoms with Gasteiger partial charge >= 0.3 is 0 Å². The third-order valence-electron chi connectivity index (χ3n) is 4.79.